The van der Waals surface area contributed by atoms with Gasteiger partial charge in [-0.25, -0.2) is 22.0 Å². The number of sulfone groups is 1. The lowest BCUT2D eigenvalue weighted by molar-refractivity contribution is -0.385. The van der Waals surface area contributed by atoms with Gasteiger partial charge in [0.2, 0.25) is 10.0 Å². The molecule has 2 N–H and O–H groups in total. The third-order valence-electron chi connectivity index (χ3n) is 2.24. The molecule has 0 aliphatic heterocycles. The average Bonchev–Trinajstić information content (AvgIpc) is 2.25. The maximum atomic E-state index is 11.9. The monoisotopic (exact) mass is 308 g/mol. The summed E-state index contributed by atoms with van der Waals surface area (Å²) in [5.41, 5.74) is 0.0255. The van der Waals surface area contributed by atoms with Crippen LogP contribution in [0.4, 0.5) is 5.69 Å². The molecule has 0 amide bonds. The molecule has 19 heavy (non-hydrogen) atoms. The van der Waals surface area contributed by atoms with Crippen molar-refractivity contribution in [3.05, 3.63) is 33.9 Å². The number of nitro benzene ring substituents is 1. The lowest BCUT2D eigenvalue weighted by Crippen LogP contribution is -2.23. The second kappa shape index (κ2) is 5.23. The van der Waals surface area contributed by atoms with Gasteiger partial charge in [0, 0.05) is 12.1 Å². The van der Waals surface area contributed by atoms with E-state index in [-0.39, 0.29) is 10.6 Å². The van der Waals surface area contributed by atoms with Crippen LogP contribution in [0, 0.1) is 17.0 Å². The number of nitro groups is 1. The van der Waals surface area contributed by atoms with E-state index in [0.717, 1.165) is 6.07 Å². The summed E-state index contributed by atoms with van der Waals surface area (Å²) in [6.45, 7) is 1.51. The van der Waals surface area contributed by atoms with Gasteiger partial charge in [-0.3, -0.25) is 10.1 Å². The highest BCUT2D eigenvalue weighted by Crippen LogP contribution is 2.21. The molecule has 0 bridgehead atoms. The molecular weight excluding hydrogens is 296 g/mol. The van der Waals surface area contributed by atoms with E-state index in [1.165, 1.54) is 19.1 Å². The van der Waals surface area contributed by atoms with Crippen LogP contribution in [0.25, 0.3) is 0 Å². The van der Waals surface area contributed by atoms with Gasteiger partial charge >= 0.3 is 0 Å². The predicted octanol–water partition coefficient (Wildman–Crippen LogP) is -0.0346. The Balaban J connectivity index is 3.18. The molecule has 0 heterocycles. The smallest absolute Gasteiger partial charge is 0.258 e. The van der Waals surface area contributed by atoms with E-state index in [1.807, 2.05) is 0 Å². The Morgan fingerprint density at radius 2 is 1.74 bits per heavy atom. The molecule has 0 fully saturated rings. The molecule has 10 heteroatoms. The second-order valence-corrected chi connectivity index (χ2v) is 7.79. The number of benzene rings is 1. The molecule has 0 radical (unpaired) electrons. The van der Waals surface area contributed by atoms with E-state index in [0.29, 0.717) is 5.56 Å². The molecule has 0 aromatic heterocycles. The minimum absolute atomic E-state index is 0.289. The highest BCUT2D eigenvalue weighted by Gasteiger charge is 2.21. The number of nitrogens with two attached hydrogens (primary N) is 1. The van der Waals surface area contributed by atoms with Crippen molar-refractivity contribution in [3.63, 3.8) is 0 Å². The molecule has 0 spiro atoms. The first-order valence-electron chi connectivity index (χ1n) is 5.00. The predicted molar refractivity (Wildman–Crippen MR) is 67.9 cm³/mol. The van der Waals surface area contributed by atoms with E-state index < -0.39 is 36.3 Å². The number of rotatable bonds is 5. The van der Waals surface area contributed by atoms with Crippen LogP contribution in [0.1, 0.15) is 5.56 Å². The van der Waals surface area contributed by atoms with Crippen molar-refractivity contribution in [3.8, 4) is 0 Å². The lowest BCUT2D eigenvalue weighted by atomic mass is 10.2. The van der Waals surface area contributed by atoms with Crippen molar-refractivity contribution >= 4 is 25.5 Å². The Morgan fingerprint density at radius 1 is 1.16 bits per heavy atom. The van der Waals surface area contributed by atoms with Crippen molar-refractivity contribution in [1.82, 2.24) is 0 Å². The molecular formula is C9H12N2O6S2. The normalized spacial score (nSPS) is 12.3. The fourth-order valence-electron chi connectivity index (χ4n) is 1.36. The Labute approximate surface area is 110 Å². The van der Waals surface area contributed by atoms with Crippen LogP contribution in [-0.2, 0) is 19.9 Å². The number of primary sulfonamides is 1. The Bertz CT molecular complexity index is 708. The maximum Gasteiger partial charge on any atom is 0.270 e. The summed E-state index contributed by atoms with van der Waals surface area (Å²) in [6.07, 6.45) is 0. The van der Waals surface area contributed by atoms with Crippen molar-refractivity contribution in [2.24, 2.45) is 5.14 Å². The highest BCUT2D eigenvalue weighted by atomic mass is 32.2. The molecule has 1 rings (SSSR count). The van der Waals surface area contributed by atoms with Gasteiger partial charge in [0.05, 0.1) is 21.3 Å². The van der Waals surface area contributed by atoms with Crippen molar-refractivity contribution < 1.29 is 21.8 Å². The molecule has 0 atom stereocenters. The molecule has 1 aromatic rings. The fourth-order valence-corrected chi connectivity index (χ4v) is 4.07. The van der Waals surface area contributed by atoms with Crippen molar-refractivity contribution in [1.29, 1.82) is 0 Å². The van der Waals surface area contributed by atoms with Crippen molar-refractivity contribution in [2.75, 3.05) is 11.5 Å². The summed E-state index contributed by atoms with van der Waals surface area (Å²) >= 11 is 0. The molecule has 0 saturated heterocycles. The number of non-ortho nitro benzene ring substituents is 1. The van der Waals surface area contributed by atoms with Crippen LogP contribution in [0.5, 0.6) is 0 Å². The van der Waals surface area contributed by atoms with Crippen molar-refractivity contribution in [2.45, 2.75) is 11.8 Å². The lowest BCUT2D eigenvalue weighted by Gasteiger charge is -2.05. The number of aryl methyl sites for hydroxylation is 1. The molecule has 0 aliphatic rings. The second-order valence-electron chi connectivity index (χ2n) is 3.95. The summed E-state index contributed by atoms with van der Waals surface area (Å²) < 4.78 is 45.2. The van der Waals surface area contributed by atoms with E-state index >= 15 is 0 Å². The van der Waals surface area contributed by atoms with Crippen LogP contribution in [0.15, 0.2) is 23.1 Å². The third kappa shape index (κ3) is 4.58. The zero-order valence-corrected chi connectivity index (χ0v) is 11.6. The summed E-state index contributed by atoms with van der Waals surface area (Å²) in [7, 11) is -7.85. The molecule has 0 unspecified atom stereocenters. The Hall–Kier alpha value is -1.52. The van der Waals surface area contributed by atoms with Crippen LogP contribution in [0.2, 0.25) is 0 Å². The highest BCUT2D eigenvalue weighted by molar-refractivity contribution is 7.94. The zero-order valence-electron chi connectivity index (χ0n) is 9.94. The first kappa shape index (κ1) is 15.5. The number of sulfonamides is 1. The first-order valence-corrected chi connectivity index (χ1v) is 8.37. The van der Waals surface area contributed by atoms with Gasteiger partial charge in [-0.15, -0.1) is 0 Å². The molecule has 8 nitrogen and oxygen atoms in total. The van der Waals surface area contributed by atoms with E-state index in [2.05, 4.69) is 0 Å². The first-order chi connectivity index (χ1) is 8.51. The zero-order chi connectivity index (χ0) is 14.8. The summed E-state index contributed by atoms with van der Waals surface area (Å²) in [4.78, 5) is 9.64. The van der Waals surface area contributed by atoms with Gasteiger partial charge in [-0.2, -0.15) is 0 Å². The van der Waals surface area contributed by atoms with Gasteiger partial charge < -0.3 is 0 Å². The molecule has 0 saturated carbocycles. The largest absolute Gasteiger partial charge is 0.270 e. The van der Waals surface area contributed by atoms with Crippen LogP contribution in [-0.4, -0.2) is 33.3 Å². The number of hydrogen-bond acceptors (Lipinski definition) is 6. The number of nitrogens with zero attached hydrogens (tertiary/aromatic N) is 1. The van der Waals surface area contributed by atoms with Gasteiger partial charge in [-0.1, -0.05) is 0 Å². The molecule has 1 aromatic carbocycles. The molecule has 0 aliphatic carbocycles. The van der Waals surface area contributed by atoms with E-state index in [4.69, 9.17) is 5.14 Å². The molecule has 106 valence electrons. The van der Waals surface area contributed by atoms with Gasteiger partial charge in [0.1, 0.15) is 0 Å². The van der Waals surface area contributed by atoms with Crippen LogP contribution >= 0.6 is 0 Å². The minimum Gasteiger partial charge on any atom is -0.258 e. The Morgan fingerprint density at radius 3 is 2.21 bits per heavy atom. The van der Waals surface area contributed by atoms with Crippen LogP contribution in [0.3, 0.4) is 0 Å². The topological polar surface area (TPSA) is 137 Å². The van der Waals surface area contributed by atoms with Gasteiger partial charge in [-0.05, 0) is 18.6 Å². The van der Waals surface area contributed by atoms with E-state index in [1.54, 1.807) is 0 Å². The van der Waals surface area contributed by atoms with E-state index in [9.17, 15) is 26.9 Å². The minimum atomic E-state index is -3.94. The average molecular weight is 308 g/mol. The summed E-state index contributed by atoms with van der Waals surface area (Å²) in [5.74, 6) is -1.45. The maximum absolute atomic E-state index is 11.9. The van der Waals surface area contributed by atoms with Gasteiger partial charge in [0.25, 0.3) is 5.69 Å². The SMILES string of the molecule is Cc1cc([N+](=O)[O-])cc(S(=O)(=O)CCS(N)(=O)=O)c1. The van der Waals surface area contributed by atoms with Gasteiger partial charge in [0.15, 0.2) is 9.84 Å². The number of hydrogen-bond donors (Lipinski definition) is 1. The summed E-state index contributed by atoms with van der Waals surface area (Å²) in [5, 5.41) is 15.4. The fraction of sp³-hybridized carbons (Fsp3) is 0.333. The standard InChI is InChI=1S/C9H12N2O6S2/c1-7-4-8(11(12)13)6-9(5-7)18(14,15)2-3-19(10,16)17/h4-6H,2-3H2,1H3,(H2,10,16,17). The quantitative estimate of drug-likeness (QED) is 0.598. The summed E-state index contributed by atoms with van der Waals surface area (Å²) in [6, 6.07) is 3.36. The Kier molecular flexibility index (Phi) is 4.28. The van der Waals surface area contributed by atoms with Crippen LogP contribution < -0.4 is 5.14 Å². The third-order valence-corrected chi connectivity index (χ3v) is 4.97.